The Kier molecular flexibility index (Phi) is 5.78. The minimum Gasteiger partial charge on any atom is -0.478 e. The van der Waals surface area contributed by atoms with E-state index in [1.54, 1.807) is 48.7 Å². The quantitative estimate of drug-likeness (QED) is 0.429. The Morgan fingerprint density at radius 3 is 2.07 bits per heavy atom. The summed E-state index contributed by atoms with van der Waals surface area (Å²) in [7, 11) is 0. The molecule has 3 N–H and O–H groups in total. The van der Waals surface area contributed by atoms with Gasteiger partial charge in [-0.2, -0.15) is 5.10 Å². The van der Waals surface area contributed by atoms with Gasteiger partial charge in [-0.05, 0) is 50.2 Å². The number of nitrogens with one attached hydrogen (secondary N) is 1. The average molecular weight is 405 g/mol. The number of amides is 1. The van der Waals surface area contributed by atoms with Gasteiger partial charge in [0, 0.05) is 28.2 Å². The topological polar surface area (TPSA) is 121 Å². The first-order chi connectivity index (χ1) is 14.3. The van der Waals surface area contributed by atoms with Gasteiger partial charge in [0.1, 0.15) is 0 Å². The third-order valence-electron chi connectivity index (χ3n) is 4.55. The molecule has 8 nitrogen and oxygen atoms in total. The molecular formula is C22H19N3O5. The van der Waals surface area contributed by atoms with Gasteiger partial charge >= 0.3 is 11.9 Å². The average Bonchev–Trinajstić information content (AvgIpc) is 3.01. The monoisotopic (exact) mass is 405 g/mol. The molecule has 3 aromatic rings. The second-order valence-corrected chi connectivity index (χ2v) is 6.61. The zero-order chi connectivity index (χ0) is 21.8. The maximum atomic E-state index is 12.1. The number of rotatable bonds is 6. The molecule has 0 fully saturated rings. The number of aryl methyl sites for hydroxylation is 1. The van der Waals surface area contributed by atoms with E-state index in [4.69, 9.17) is 0 Å². The van der Waals surface area contributed by atoms with E-state index < -0.39 is 11.9 Å². The molecule has 0 aliphatic heterocycles. The Hall–Kier alpha value is -4.20. The van der Waals surface area contributed by atoms with E-state index in [-0.39, 0.29) is 17.0 Å². The van der Waals surface area contributed by atoms with Crippen LogP contribution in [0.4, 0.5) is 0 Å². The van der Waals surface area contributed by atoms with Crippen molar-refractivity contribution in [2.45, 2.75) is 13.8 Å². The summed E-state index contributed by atoms with van der Waals surface area (Å²) in [5, 5.41) is 22.6. The first kappa shape index (κ1) is 20.5. The van der Waals surface area contributed by atoms with Gasteiger partial charge in [0.2, 0.25) is 0 Å². The number of carboxylic acid groups (broad SMARTS) is 2. The van der Waals surface area contributed by atoms with Crippen molar-refractivity contribution in [3.05, 3.63) is 88.2 Å². The van der Waals surface area contributed by atoms with Crippen LogP contribution in [0.5, 0.6) is 0 Å². The molecule has 0 spiro atoms. The van der Waals surface area contributed by atoms with Gasteiger partial charge in [0.25, 0.3) is 5.91 Å². The Balaban J connectivity index is 1.92. The first-order valence-corrected chi connectivity index (χ1v) is 8.97. The molecule has 0 aliphatic rings. The van der Waals surface area contributed by atoms with E-state index in [0.717, 1.165) is 11.8 Å². The van der Waals surface area contributed by atoms with Gasteiger partial charge in [-0.1, -0.05) is 18.2 Å². The van der Waals surface area contributed by atoms with E-state index in [2.05, 4.69) is 10.5 Å². The molecule has 30 heavy (non-hydrogen) atoms. The number of carbonyl (C=O) groups is 3. The van der Waals surface area contributed by atoms with Crippen LogP contribution in [0.3, 0.4) is 0 Å². The van der Waals surface area contributed by atoms with Crippen molar-refractivity contribution in [3.8, 4) is 5.69 Å². The lowest BCUT2D eigenvalue weighted by atomic mass is 10.1. The van der Waals surface area contributed by atoms with Gasteiger partial charge in [0.05, 0.1) is 17.3 Å². The standard InChI is InChI=1S/C22H19N3O5/c1-13-8-18(12-23-24-20(26)15-6-4-3-5-7-15)14(2)25(13)19-10-16(21(27)28)9-17(11-19)22(29)30/h3-12H,1-2H3,(H,24,26)(H,27,28)(H,29,30)/b23-12-. The van der Waals surface area contributed by atoms with E-state index in [9.17, 15) is 24.6 Å². The van der Waals surface area contributed by atoms with E-state index in [1.165, 1.54) is 18.3 Å². The maximum Gasteiger partial charge on any atom is 0.335 e. The summed E-state index contributed by atoms with van der Waals surface area (Å²) in [6, 6.07) is 14.4. The molecule has 1 heterocycles. The number of aromatic nitrogens is 1. The molecular weight excluding hydrogens is 386 g/mol. The summed E-state index contributed by atoms with van der Waals surface area (Å²) in [5.41, 5.74) is 5.26. The van der Waals surface area contributed by atoms with Crippen molar-refractivity contribution < 1.29 is 24.6 Å². The third-order valence-corrected chi connectivity index (χ3v) is 4.55. The van der Waals surface area contributed by atoms with Crippen molar-refractivity contribution in [3.63, 3.8) is 0 Å². The van der Waals surface area contributed by atoms with Crippen LogP contribution < -0.4 is 5.43 Å². The number of nitrogens with zero attached hydrogens (tertiary/aromatic N) is 2. The lowest BCUT2D eigenvalue weighted by Gasteiger charge is -2.12. The molecule has 0 aliphatic carbocycles. The number of aromatic carboxylic acids is 2. The summed E-state index contributed by atoms with van der Waals surface area (Å²) in [5.74, 6) is -2.78. The summed E-state index contributed by atoms with van der Waals surface area (Å²) in [4.78, 5) is 34.9. The zero-order valence-electron chi connectivity index (χ0n) is 16.3. The number of hydrazone groups is 1. The highest BCUT2D eigenvalue weighted by atomic mass is 16.4. The second-order valence-electron chi connectivity index (χ2n) is 6.61. The Bertz CT molecular complexity index is 1130. The number of hydrogen-bond acceptors (Lipinski definition) is 4. The highest BCUT2D eigenvalue weighted by molar-refractivity contribution is 5.96. The fourth-order valence-corrected chi connectivity index (χ4v) is 3.12. The Labute approximate surface area is 172 Å². The fraction of sp³-hybridized carbons (Fsp3) is 0.0909. The summed E-state index contributed by atoms with van der Waals surface area (Å²) >= 11 is 0. The Morgan fingerprint density at radius 1 is 0.900 bits per heavy atom. The van der Waals surface area contributed by atoms with Crippen molar-refractivity contribution in [2.75, 3.05) is 0 Å². The van der Waals surface area contributed by atoms with Crippen LogP contribution in [0, 0.1) is 13.8 Å². The lowest BCUT2D eigenvalue weighted by molar-refractivity contribution is 0.0696. The lowest BCUT2D eigenvalue weighted by Crippen LogP contribution is -2.17. The predicted octanol–water partition coefficient (Wildman–Crippen LogP) is 3.25. The fourth-order valence-electron chi connectivity index (χ4n) is 3.12. The van der Waals surface area contributed by atoms with Crippen LogP contribution in [0.15, 0.2) is 59.7 Å². The smallest absolute Gasteiger partial charge is 0.335 e. The highest BCUT2D eigenvalue weighted by Gasteiger charge is 2.16. The van der Waals surface area contributed by atoms with Gasteiger partial charge in [0.15, 0.2) is 0 Å². The number of hydrogen-bond donors (Lipinski definition) is 3. The molecule has 0 bridgehead atoms. The van der Waals surface area contributed by atoms with Crippen LogP contribution in [0.25, 0.3) is 5.69 Å². The largest absolute Gasteiger partial charge is 0.478 e. The van der Waals surface area contributed by atoms with Gasteiger partial charge in [-0.25, -0.2) is 15.0 Å². The van der Waals surface area contributed by atoms with Crippen LogP contribution in [0.2, 0.25) is 0 Å². The number of carbonyl (C=O) groups excluding carboxylic acids is 1. The Morgan fingerprint density at radius 2 is 1.50 bits per heavy atom. The van der Waals surface area contributed by atoms with Crippen LogP contribution in [0.1, 0.15) is 48.0 Å². The maximum absolute atomic E-state index is 12.1. The molecule has 0 saturated heterocycles. The summed E-state index contributed by atoms with van der Waals surface area (Å²) in [6.07, 6.45) is 1.48. The molecule has 0 saturated carbocycles. The summed E-state index contributed by atoms with van der Waals surface area (Å²) < 4.78 is 1.74. The second kappa shape index (κ2) is 8.44. The molecule has 3 rings (SSSR count). The zero-order valence-corrected chi connectivity index (χ0v) is 16.3. The molecule has 1 aromatic heterocycles. The molecule has 1 amide bonds. The number of carboxylic acids is 2. The third kappa shape index (κ3) is 4.27. The van der Waals surface area contributed by atoms with E-state index in [0.29, 0.717) is 22.5 Å². The van der Waals surface area contributed by atoms with Crippen LogP contribution in [-0.2, 0) is 0 Å². The van der Waals surface area contributed by atoms with Gasteiger partial charge < -0.3 is 14.8 Å². The van der Waals surface area contributed by atoms with Crippen molar-refractivity contribution in [1.82, 2.24) is 9.99 Å². The van der Waals surface area contributed by atoms with Crippen LogP contribution >= 0.6 is 0 Å². The summed E-state index contributed by atoms with van der Waals surface area (Å²) in [6.45, 7) is 3.60. The normalized spacial score (nSPS) is 10.9. The molecule has 0 unspecified atom stereocenters. The van der Waals surface area contributed by atoms with Crippen LogP contribution in [-0.4, -0.2) is 38.8 Å². The van der Waals surface area contributed by atoms with E-state index >= 15 is 0 Å². The molecule has 0 radical (unpaired) electrons. The van der Waals surface area contributed by atoms with Gasteiger partial charge in [-0.15, -0.1) is 0 Å². The van der Waals surface area contributed by atoms with E-state index in [1.807, 2.05) is 6.07 Å². The SMILES string of the molecule is Cc1cc(/C=N\NC(=O)c2ccccc2)c(C)n1-c1cc(C(=O)O)cc(C(=O)O)c1. The molecule has 152 valence electrons. The minimum absolute atomic E-state index is 0.122. The minimum atomic E-state index is -1.22. The molecule has 8 heteroatoms. The number of benzene rings is 2. The van der Waals surface area contributed by atoms with Gasteiger partial charge in [-0.3, -0.25) is 4.79 Å². The highest BCUT2D eigenvalue weighted by Crippen LogP contribution is 2.22. The van der Waals surface area contributed by atoms with Crippen molar-refractivity contribution in [1.29, 1.82) is 0 Å². The first-order valence-electron chi connectivity index (χ1n) is 8.97. The molecule has 0 atom stereocenters. The van der Waals surface area contributed by atoms with Crippen molar-refractivity contribution in [2.24, 2.45) is 5.10 Å². The predicted molar refractivity (Wildman–Crippen MR) is 111 cm³/mol. The van der Waals surface area contributed by atoms with Crippen molar-refractivity contribution >= 4 is 24.1 Å². The molecule has 2 aromatic carbocycles.